The summed E-state index contributed by atoms with van der Waals surface area (Å²) in [6.07, 6.45) is 3.93. The van der Waals surface area contributed by atoms with Crippen molar-refractivity contribution in [2.24, 2.45) is 5.73 Å². The number of hydrogen-bond donors (Lipinski definition) is 1. The molecule has 0 saturated carbocycles. The predicted octanol–water partition coefficient (Wildman–Crippen LogP) is 2.21. The minimum absolute atomic E-state index is 0.847. The molecule has 0 atom stereocenters. The molecule has 9 heavy (non-hydrogen) atoms. The van der Waals surface area contributed by atoms with Crippen LogP contribution in [0.4, 0.5) is 0 Å². The summed E-state index contributed by atoms with van der Waals surface area (Å²) in [5, 5.41) is 0. The molecule has 0 aliphatic heterocycles. The van der Waals surface area contributed by atoms with Crippen LogP contribution in [0.1, 0.15) is 26.7 Å². The molecule has 1 heteroatoms. The highest BCUT2D eigenvalue weighted by atomic mass is 14.6. The highest BCUT2D eigenvalue weighted by molar-refractivity contribution is 5.23. The van der Waals surface area contributed by atoms with E-state index in [2.05, 4.69) is 20.4 Å². The molecule has 0 saturated heterocycles. The molecule has 0 aliphatic carbocycles. The van der Waals surface area contributed by atoms with Crippen LogP contribution in [0.2, 0.25) is 0 Å². The summed E-state index contributed by atoms with van der Waals surface area (Å²) in [5.41, 5.74) is 7.49. The van der Waals surface area contributed by atoms with Crippen LogP contribution >= 0.6 is 0 Å². The lowest BCUT2D eigenvalue weighted by atomic mass is 10.1. The van der Waals surface area contributed by atoms with E-state index in [-0.39, 0.29) is 0 Å². The van der Waals surface area contributed by atoms with Crippen molar-refractivity contribution in [1.82, 2.24) is 0 Å². The molecule has 0 bridgehead atoms. The monoisotopic (exact) mass is 125 g/mol. The molecule has 0 amide bonds. The Morgan fingerprint density at radius 1 is 1.56 bits per heavy atom. The Bertz CT molecular complexity index is 123. The van der Waals surface area contributed by atoms with Crippen molar-refractivity contribution in [3.8, 4) is 0 Å². The molecule has 52 valence electrons. The summed E-state index contributed by atoms with van der Waals surface area (Å²) < 4.78 is 0. The van der Waals surface area contributed by atoms with Crippen LogP contribution < -0.4 is 5.73 Å². The Hall–Kier alpha value is -0.720. The van der Waals surface area contributed by atoms with Crippen LogP contribution in [0.3, 0.4) is 0 Å². The quantitative estimate of drug-likeness (QED) is 0.575. The summed E-state index contributed by atoms with van der Waals surface area (Å²) in [6.45, 7) is 7.92. The van der Waals surface area contributed by atoms with Crippen molar-refractivity contribution in [3.05, 3.63) is 23.9 Å². The van der Waals surface area contributed by atoms with E-state index in [0.29, 0.717) is 0 Å². The van der Waals surface area contributed by atoms with Crippen molar-refractivity contribution in [2.45, 2.75) is 26.7 Å². The van der Waals surface area contributed by atoms with E-state index in [0.717, 1.165) is 24.1 Å². The Kier molecular flexibility index (Phi) is 3.85. The zero-order chi connectivity index (χ0) is 7.28. The molecule has 0 heterocycles. The maximum atomic E-state index is 5.60. The van der Waals surface area contributed by atoms with Crippen molar-refractivity contribution >= 4 is 0 Å². The highest BCUT2D eigenvalue weighted by Gasteiger charge is 1.90. The molecule has 0 spiro atoms. The van der Waals surface area contributed by atoms with E-state index in [1.807, 2.05) is 6.08 Å². The van der Waals surface area contributed by atoms with Crippen LogP contribution in [0, 0.1) is 0 Å². The van der Waals surface area contributed by atoms with Gasteiger partial charge in [-0.2, -0.15) is 0 Å². The van der Waals surface area contributed by atoms with E-state index in [4.69, 9.17) is 5.73 Å². The maximum absolute atomic E-state index is 5.60. The zero-order valence-corrected chi connectivity index (χ0v) is 6.28. The molecule has 0 radical (unpaired) electrons. The van der Waals surface area contributed by atoms with Gasteiger partial charge in [-0.05, 0) is 18.4 Å². The normalized spacial score (nSPS) is 11.6. The van der Waals surface area contributed by atoms with E-state index in [9.17, 15) is 0 Å². The van der Waals surface area contributed by atoms with Gasteiger partial charge >= 0.3 is 0 Å². The first-order chi connectivity index (χ1) is 4.22. The van der Waals surface area contributed by atoms with Gasteiger partial charge in [0.25, 0.3) is 0 Å². The largest absolute Gasteiger partial charge is 0.399 e. The molecule has 2 N–H and O–H groups in total. The molecule has 1 nitrogen and oxygen atoms in total. The average Bonchev–Trinajstić information content (AvgIpc) is 1.87. The minimum atomic E-state index is 0.847. The molecule has 0 aliphatic rings. The van der Waals surface area contributed by atoms with Gasteiger partial charge in [-0.15, -0.1) is 0 Å². The number of allylic oxidation sites excluding steroid dienone is 2. The van der Waals surface area contributed by atoms with E-state index in [1.165, 1.54) is 0 Å². The number of hydrogen-bond acceptors (Lipinski definition) is 1. The lowest BCUT2D eigenvalue weighted by Gasteiger charge is -1.99. The summed E-state index contributed by atoms with van der Waals surface area (Å²) in [7, 11) is 0. The fourth-order valence-electron chi connectivity index (χ4n) is 0.568. The Labute approximate surface area is 57.3 Å². The molecule has 0 aromatic carbocycles. The highest BCUT2D eigenvalue weighted by Crippen LogP contribution is 2.04. The van der Waals surface area contributed by atoms with Crippen LogP contribution in [0.15, 0.2) is 23.9 Å². The maximum Gasteiger partial charge on any atom is 0.0299 e. The number of nitrogens with two attached hydrogens (primary N) is 1. The first kappa shape index (κ1) is 8.28. The van der Waals surface area contributed by atoms with Crippen molar-refractivity contribution in [1.29, 1.82) is 0 Å². The van der Waals surface area contributed by atoms with Gasteiger partial charge in [-0.1, -0.05) is 26.5 Å². The van der Waals surface area contributed by atoms with Gasteiger partial charge in [0, 0.05) is 5.70 Å². The topological polar surface area (TPSA) is 26.0 Å². The second kappa shape index (κ2) is 4.19. The van der Waals surface area contributed by atoms with Crippen LogP contribution in [-0.4, -0.2) is 0 Å². The second-order valence-corrected chi connectivity index (χ2v) is 2.02. The first-order valence-corrected chi connectivity index (χ1v) is 3.36. The third kappa shape index (κ3) is 2.96. The van der Waals surface area contributed by atoms with E-state index < -0.39 is 0 Å². The van der Waals surface area contributed by atoms with E-state index in [1.54, 1.807) is 0 Å². The third-order valence-electron chi connectivity index (χ3n) is 1.26. The number of rotatable bonds is 3. The van der Waals surface area contributed by atoms with Crippen LogP contribution in [0.25, 0.3) is 0 Å². The zero-order valence-electron chi connectivity index (χ0n) is 6.28. The standard InChI is InChI=1S/C8H15N/c1-4-6-8(9)7(3)5-2/h6H,3-5,9H2,1-2H3/b8-6+. The summed E-state index contributed by atoms with van der Waals surface area (Å²) in [4.78, 5) is 0. The van der Waals surface area contributed by atoms with Gasteiger partial charge in [0.1, 0.15) is 0 Å². The van der Waals surface area contributed by atoms with Crippen LogP contribution in [0.5, 0.6) is 0 Å². The molecule has 0 aromatic heterocycles. The molecule has 0 fully saturated rings. The van der Waals surface area contributed by atoms with E-state index >= 15 is 0 Å². The van der Waals surface area contributed by atoms with Gasteiger partial charge < -0.3 is 5.73 Å². The van der Waals surface area contributed by atoms with Gasteiger partial charge in [-0.3, -0.25) is 0 Å². The Morgan fingerprint density at radius 2 is 2.11 bits per heavy atom. The van der Waals surface area contributed by atoms with Crippen molar-refractivity contribution in [2.75, 3.05) is 0 Å². The van der Waals surface area contributed by atoms with Gasteiger partial charge in [-0.25, -0.2) is 0 Å². The smallest absolute Gasteiger partial charge is 0.0299 e. The van der Waals surface area contributed by atoms with Gasteiger partial charge in [0.05, 0.1) is 0 Å². The van der Waals surface area contributed by atoms with Crippen molar-refractivity contribution in [3.63, 3.8) is 0 Å². The predicted molar refractivity (Wildman–Crippen MR) is 42.0 cm³/mol. The minimum Gasteiger partial charge on any atom is -0.399 e. The first-order valence-electron chi connectivity index (χ1n) is 3.36. The second-order valence-electron chi connectivity index (χ2n) is 2.02. The van der Waals surface area contributed by atoms with Gasteiger partial charge in [0.15, 0.2) is 0 Å². The third-order valence-corrected chi connectivity index (χ3v) is 1.26. The SMILES string of the molecule is C=C(CC)/C(N)=C\CC. The summed E-state index contributed by atoms with van der Waals surface area (Å²) in [5.74, 6) is 0. The average molecular weight is 125 g/mol. The Morgan fingerprint density at radius 3 is 2.44 bits per heavy atom. The Balaban J connectivity index is 3.86. The lowest BCUT2D eigenvalue weighted by molar-refractivity contribution is 1.07. The van der Waals surface area contributed by atoms with Gasteiger partial charge in [0.2, 0.25) is 0 Å². The van der Waals surface area contributed by atoms with Crippen LogP contribution in [-0.2, 0) is 0 Å². The summed E-state index contributed by atoms with van der Waals surface area (Å²) >= 11 is 0. The molecule has 0 aromatic rings. The molecule has 0 rings (SSSR count). The molecular formula is C8H15N. The lowest BCUT2D eigenvalue weighted by Crippen LogP contribution is -1.98. The fourth-order valence-corrected chi connectivity index (χ4v) is 0.568. The molecular weight excluding hydrogens is 110 g/mol. The molecule has 0 unspecified atom stereocenters. The fraction of sp³-hybridized carbons (Fsp3) is 0.500. The summed E-state index contributed by atoms with van der Waals surface area (Å²) in [6, 6.07) is 0. The van der Waals surface area contributed by atoms with Crippen molar-refractivity contribution < 1.29 is 0 Å².